The smallest absolute Gasteiger partial charge is 0.321 e. The molecule has 0 saturated heterocycles. The molecule has 0 aliphatic heterocycles. The van der Waals surface area contributed by atoms with Gasteiger partial charge in [-0.15, -0.1) is 0 Å². The summed E-state index contributed by atoms with van der Waals surface area (Å²) in [5.74, 6) is -0.728. The van der Waals surface area contributed by atoms with Crippen molar-refractivity contribution in [1.82, 2.24) is 4.90 Å². The first-order valence-corrected chi connectivity index (χ1v) is 5.14. The van der Waals surface area contributed by atoms with Gasteiger partial charge in [-0.05, 0) is 12.0 Å². The number of carbonyl (C=O) groups excluding carboxylic acids is 2. The molecule has 0 unspecified atom stereocenters. The average molecular weight is 235 g/mol. The van der Waals surface area contributed by atoms with Crippen LogP contribution in [0.15, 0.2) is 30.3 Å². The largest absolute Gasteiger partial charge is 0.383 e. The molecule has 3 N–H and O–H groups in total. The maximum atomic E-state index is 11.4. The van der Waals surface area contributed by atoms with E-state index >= 15 is 0 Å². The molecule has 0 aliphatic rings. The number of nitrogens with zero attached hydrogens (tertiary/aromatic N) is 1. The van der Waals surface area contributed by atoms with Gasteiger partial charge in [0.05, 0.1) is 0 Å². The van der Waals surface area contributed by atoms with E-state index in [-0.39, 0.29) is 0 Å². The molecule has 1 aromatic carbocycles. The maximum Gasteiger partial charge on any atom is 0.321 e. The van der Waals surface area contributed by atoms with Gasteiger partial charge in [0.25, 0.3) is 5.91 Å². The molecule has 0 saturated carbocycles. The fourth-order valence-corrected chi connectivity index (χ4v) is 1.27. The van der Waals surface area contributed by atoms with Crippen molar-refractivity contribution in [3.8, 4) is 0 Å². The third-order valence-corrected chi connectivity index (χ3v) is 2.33. The molecular weight excluding hydrogens is 220 g/mol. The summed E-state index contributed by atoms with van der Waals surface area (Å²) in [6, 6.07) is 8.49. The molecule has 1 aromatic rings. The Balaban J connectivity index is 2.47. The molecular formula is C12H15N2O3. The molecule has 0 spiro atoms. The van der Waals surface area contributed by atoms with E-state index in [4.69, 9.17) is 5.73 Å². The van der Waals surface area contributed by atoms with E-state index in [1.54, 1.807) is 0 Å². The van der Waals surface area contributed by atoms with E-state index in [1.165, 1.54) is 13.5 Å². The molecule has 1 rings (SSSR count). The third kappa shape index (κ3) is 3.88. The van der Waals surface area contributed by atoms with Gasteiger partial charge in [-0.25, -0.2) is 4.79 Å². The Morgan fingerprint density at radius 3 is 2.53 bits per heavy atom. The highest BCUT2D eigenvalue weighted by Crippen LogP contribution is 2.05. The predicted octanol–water partition coefficient (Wildman–Crippen LogP) is 0.331. The summed E-state index contributed by atoms with van der Waals surface area (Å²) < 4.78 is 0. The van der Waals surface area contributed by atoms with Crippen molar-refractivity contribution in [2.45, 2.75) is 12.5 Å². The van der Waals surface area contributed by atoms with Crippen molar-refractivity contribution in [3.05, 3.63) is 42.3 Å². The maximum absolute atomic E-state index is 11.4. The van der Waals surface area contributed by atoms with Gasteiger partial charge in [-0.2, -0.15) is 0 Å². The number of nitrogens with two attached hydrogens (primary N) is 1. The lowest BCUT2D eigenvalue weighted by Gasteiger charge is -2.16. The summed E-state index contributed by atoms with van der Waals surface area (Å²) in [6.07, 6.45) is 0.546. The number of imide groups is 1. The number of carbonyl (C=O) groups is 2. The van der Waals surface area contributed by atoms with Crippen molar-refractivity contribution in [3.63, 3.8) is 0 Å². The quantitative estimate of drug-likeness (QED) is 0.788. The number of amides is 3. The van der Waals surface area contributed by atoms with Crippen LogP contribution in [-0.4, -0.2) is 35.1 Å². The lowest BCUT2D eigenvalue weighted by Crippen LogP contribution is -2.43. The number of primary amides is 1. The molecule has 91 valence electrons. The normalized spacial score (nSPS) is 11.9. The van der Waals surface area contributed by atoms with Gasteiger partial charge in [0.15, 0.2) is 0 Å². The number of hydrogen-bond donors (Lipinski definition) is 2. The van der Waals surface area contributed by atoms with Crippen LogP contribution in [0.1, 0.15) is 5.56 Å². The minimum absolute atomic E-state index is 0.445. The van der Waals surface area contributed by atoms with Crippen molar-refractivity contribution in [1.29, 1.82) is 0 Å². The number of urea groups is 1. The number of rotatable bonds is 4. The summed E-state index contributed by atoms with van der Waals surface area (Å²) in [4.78, 5) is 22.9. The van der Waals surface area contributed by atoms with Gasteiger partial charge < -0.3 is 10.8 Å². The second-order valence-corrected chi connectivity index (χ2v) is 3.61. The van der Waals surface area contributed by atoms with Crippen molar-refractivity contribution in [2.75, 3.05) is 7.05 Å². The minimum atomic E-state index is -1.33. The monoisotopic (exact) mass is 235 g/mol. The van der Waals surface area contributed by atoms with Crippen molar-refractivity contribution < 1.29 is 14.7 Å². The Labute approximate surface area is 99.8 Å². The average Bonchev–Trinajstić information content (AvgIpc) is 2.35. The van der Waals surface area contributed by atoms with Gasteiger partial charge in [0.2, 0.25) is 0 Å². The minimum Gasteiger partial charge on any atom is -0.383 e. The Kier molecular flexibility index (Phi) is 4.66. The van der Waals surface area contributed by atoms with Gasteiger partial charge in [0, 0.05) is 13.5 Å². The summed E-state index contributed by atoms with van der Waals surface area (Å²) >= 11 is 0. The lowest BCUT2D eigenvalue weighted by atomic mass is 10.1. The van der Waals surface area contributed by atoms with E-state index < -0.39 is 18.0 Å². The van der Waals surface area contributed by atoms with E-state index in [1.807, 2.05) is 30.3 Å². The first kappa shape index (κ1) is 13.2. The molecule has 0 aliphatic carbocycles. The van der Waals surface area contributed by atoms with Crippen molar-refractivity contribution >= 4 is 11.9 Å². The van der Waals surface area contributed by atoms with E-state index in [0.717, 1.165) is 5.56 Å². The topological polar surface area (TPSA) is 83.6 Å². The standard InChI is InChI=1S/C12H15N2O3/c1-14(12(13)17)11(16)10(15)8-7-9-5-3-2-4-6-9/h2-6,8,10,15H,7H2,1H3,(H2,13,17)/t10-/m0/s1. The van der Waals surface area contributed by atoms with Crippen LogP contribution < -0.4 is 5.73 Å². The van der Waals surface area contributed by atoms with E-state index in [2.05, 4.69) is 0 Å². The number of aliphatic hydroxyl groups excluding tert-OH is 1. The summed E-state index contributed by atoms with van der Waals surface area (Å²) in [6.45, 7) is 0. The Morgan fingerprint density at radius 1 is 1.41 bits per heavy atom. The first-order chi connectivity index (χ1) is 8.02. The summed E-state index contributed by atoms with van der Waals surface area (Å²) in [5, 5.41) is 9.54. The molecule has 5 heteroatoms. The molecule has 17 heavy (non-hydrogen) atoms. The van der Waals surface area contributed by atoms with Crippen LogP contribution >= 0.6 is 0 Å². The molecule has 1 atom stereocenters. The fourth-order valence-electron chi connectivity index (χ4n) is 1.27. The third-order valence-electron chi connectivity index (χ3n) is 2.33. The predicted molar refractivity (Wildman–Crippen MR) is 62.8 cm³/mol. The number of benzene rings is 1. The summed E-state index contributed by atoms with van der Waals surface area (Å²) in [7, 11) is 1.23. The molecule has 0 fully saturated rings. The van der Waals surface area contributed by atoms with Gasteiger partial charge in [-0.3, -0.25) is 9.69 Å². The number of aliphatic hydroxyl groups is 1. The zero-order chi connectivity index (χ0) is 12.8. The highest BCUT2D eigenvalue weighted by molar-refractivity contribution is 5.96. The van der Waals surface area contributed by atoms with E-state index in [9.17, 15) is 14.7 Å². The van der Waals surface area contributed by atoms with Crippen LogP contribution in [0.4, 0.5) is 4.79 Å². The molecule has 0 bridgehead atoms. The molecule has 3 amide bonds. The van der Waals surface area contributed by atoms with Crippen molar-refractivity contribution in [2.24, 2.45) is 5.73 Å². The summed E-state index contributed by atoms with van der Waals surface area (Å²) in [5.41, 5.74) is 5.90. The van der Waals surface area contributed by atoms with Crippen LogP contribution in [0, 0.1) is 6.42 Å². The molecule has 1 radical (unpaired) electrons. The zero-order valence-corrected chi connectivity index (χ0v) is 9.54. The number of likely N-dealkylation sites (N-methyl/N-ethyl adjacent to an activating group) is 1. The van der Waals surface area contributed by atoms with Crippen LogP contribution in [0.3, 0.4) is 0 Å². The highest BCUT2D eigenvalue weighted by atomic mass is 16.3. The van der Waals surface area contributed by atoms with Crippen LogP contribution in [0.5, 0.6) is 0 Å². The Bertz CT molecular complexity index is 392. The Morgan fingerprint density at radius 2 is 2.00 bits per heavy atom. The lowest BCUT2D eigenvalue weighted by molar-refractivity contribution is -0.134. The van der Waals surface area contributed by atoms with Crippen LogP contribution in [0.25, 0.3) is 0 Å². The van der Waals surface area contributed by atoms with Crippen LogP contribution in [-0.2, 0) is 11.2 Å². The zero-order valence-electron chi connectivity index (χ0n) is 9.54. The SMILES string of the molecule is CN(C(N)=O)C(=O)[C@@H](O)[CH]Cc1ccccc1. The molecule has 5 nitrogen and oxygen atoms in total. The Hall–Kier alpha value is -1.88. The highest BCUT2D eigenvalue weighted by Gasteiger charge is 2.22. The second-order valence-electron chi connectivity index (χ2n) is 3.61. The first-order valence-electron chi connectivity index (χ1n) is 5.14. The van der Waals surface area contributed by atoms with E-state index in [0.29, 0.717) is 11.3 Å². The molecule has 0 heterocycles. The second kappa shape index (κ2) is 6.00. The van der Waals surface area contributed by atoms with Crippen LogP contribution in [0.2, 0.25) is 0 Å². The molecule has 0 aromatic heterocycles. The van der Waals surface area contributed by atoms with Gasteiger partial charge in [0.1, 0.15) is 6.10 Å². The van der Waals surface area contributed by atoms with Gasteiger partial charge in [-0.1, -0.05) is 30.3 Å². The fraction of sp³-hybridized carbons (Fsp3) is 0.250. The van der Waals surface area contributed by atoms with Gasteiger partial charge >= 0.3 is 6.03 Å². The number of hydrogen-bond acceptors (Lipinski definition) is 3.